The first-order valence-electron chi connectivity index (χ1n) is 6.94. The Morgan fingerprint density at radius 1 is 0.957 bits per heavy atom. The molecular formula is C17H11Cl2N3O. The van der Waals surface area contributed by atoms with E-state index in [1.54, 1.807) is 18.2 Å². The number of hydrogen-bond donors (Lipinski definition) is 3. The number of aromatic amines is 2. The summed E-state index contributed by atoms with van der Waals surface area (Å²) in [6.07, 6.45) is 0. The second-order valence-corrected chi connectivity index (χ2v) is 6.13. The smallest absolute Gasteiger partial charge is 0.272 e. The van der Waals surface area contributed by atoms with E-state index in [0.717, 1.165) is 16.4 Å². The lowest BCUT2D eigenvalue weighted by molar-refractivity contribution is 1.31. The molecule has 4 rings (SSSR count). The van der Waals surface area contributed by atoms with Gasteiger partial charge in [0.25, 0.3) is 5.56 Å². The number of halogens is 2. The molecule has 0 unspecified atom stereocenters. The number of benzene rings is 2. The number of hydrogen-bond acceptors (Lipinski definition) is 2. The molecule has 0 aliphatic heterocycles. The monoisotopic (exact) mass is 343 g/mol. The number of pyridine rings is 1. The molecule has 2 aromatic carbocycles. The molecule has 114 valence electrons. The van der Waals surface area contributed by atoms with Crippen molar-refractivity contribution in [3.05, 3.63) is 62.9 Å². The molecule has 0 bridgehead atoms. The van der Waals surface area contributed by atoms with E-state index in [-0.39, 0.29) is 11.2 Å². The second-order valence-electron chi connectivity index (χ2n) is 5.29. The number of nitrogen functional groups attached to an aromatic ring is 1. The van der Waals surface area contributed by atoms with Crippen LogP contribution in [0.3, 0.4) is 0 Å². The van der Waals surface area contributed by atoms with Gasteiger partial charge in [0, 0.05) is 32.1 Å². The maximum atomic E-state index is 12.3. The highest BCUT2D eigenvalue weighted by molar-refractivity contribution is 6.34. The molecule has 6 heteroatoms. The number of nitrogens with one attached hydrogen (secondary N) is 2. The van der Waals surface area contributed by atoms with E-state index in [2.05, 4.69) is 9.97 Å². The molecule has 23 heavy (non-hydrogen) atoms. The summed E-state index contributed by atoms with van der Waals surface area (Å²) in [4.78, 5) is 18.4. The van der Waals surface area contributed by atoms with Gasteiger partial charge in [0.1, 0.15) is 5.69 Å². The third kappa shape index (κ3) is 2.11. The molecule has 4 N–H and O–H groups in total. The third-order valence-electron chi connectivity index (χ3n) is 3.91. The minimum atomic E-state index is -0.353. The van der Waals surface area contributed by atoms with Crippen molar-refractivity contribution in [2.75, 3.05) is 5.73 Å². The van der Waals surface area contributed by atoms with Gasteiger partial charge in [0.15, 0.2) is 0 Å². The zero-order valence-corrected chi connectivity index (χ0v) is 13.3. The third-order valence-corrected chi connectivity index (χ3v) is 4.47. The minimum absolute atomic E-state index is 0.128. The number of anilines is 1. The highest BCUT2D eigenvalue weighted by Gasteiger charge is 2.17. The normalized spacial score (nSPS) is 11.4. The van der Waals surface area contributed by atoms with E-state index in [1.165, 1.54) is 0 Å². The van der Waals surface area contributed by atoms with Gasteiger partial charge in [0.2, 0.25) is 0 Å². The predicted octanol–water partition coefficient (Wildman–Crippen LogP) is 4.57. The Labute approximate surface area is 140 Å². The van der Waals surface area contributed by atoms with Gasteiger partial charge in [0.05, 0.1) is 11.0 Å². The molecule has 0 aliphatic carbocycles. The maximum Gasteiger partial charge on any atom is 0.272 e. The summed E-state index contributed by atoms with van der Waals surface area (Å²) in [5.74, 6) is 0. The van der Waals surface area contributed by atoms with Crippen molar-refractivity contribution in [1.29, 1.82) is 0 Å². The number of H-pyrrole nitrogens is 2. The first kappa shape index (κ1) is 14.2. The van der Waals surface area contributed by atoms with Crippen molar-refractivity contribution in [1.82, 2.24) is 9.97 Å². The van der Waals surface area contributed by atoms with Crippen LogP contribution in [0.4, 0.5) is 5.69 Å². The fourth-order valence-corrected chi connectivity index (χ4v) is 3.26. The SMILES string of the molecule is Nc1c(-c2ccccc2Cl)c2[nH]c3ccc(Cl)cc3c2[nH]c1=O. The van der Waals surface area contributed by atoms with Gasteiger partial charge in [-0.15, -0.1) is 0 Å². The number of fused-ring (bicyclic) bond motifs is 3. The number of aromatic nitrogens is 2. The average Bonchev–Trinajstić information content (AvgIpc) is 2.87. The summed E-state index contributed by atoms with van der Waals surface area (Å²) in [6.45, 7) is 0. The lowest BCUT2D eigenvalue weighted by Crippen LogP contribution is -2.13. The summed E-state index contributed by atoms with van der Waals surface area (Å²) in [7, 11) is 0. The van der Waals surface area contributed by atoms with E-state index in [9.17, 15) is 4.79 Å². The van der Waals surface area contributed by atoms with Gasteiger partial charge in [-0.25, -0.2) is 0 Å². The van der Waals surface area contributed by atoms with Gasteiger partial charge < -0.3 is 15.7 Å². The Kier molecular flexibility index (Phi) is 3.11. The van der Waals surface area contributed by atoms with Crippen molar-refractivity contribution in [2.24, 2.45) is 0 Å². The van der Waals surface area contributed by atoms with Crippen LogP contribution in [0.5, 0.6) is 0 Å². The molecule has 0 fully saturated rings. The highest BCUT2D eigenvalue weighted by atomic mass is 35.5. The van der Waals surface area contributed by atoms with Crippen molar-refractivity contribution in [3.63, 3.8) is 0 Å². The molecule has 0 radical (unpaired) electrons. The summed E-state index contributed by atoms with van der Waals surface area (Å²) < 4.78 is 0. The van der Waals surface area contributed by atoms with E-state index in [0.29, 0.717) is 26.7 Å². The van der Waals surface area contributed by atoms with Crippen LogP contribution < -0.4 is 11.3 Å². The highest BCUT2D eigenvalue weighted by Crippen LogP contribution is 2.37. The number of nitrogens with two attached hydrogens (primary N) is 1. The molecule has 0 spiro atoms. The summed E-state index contributed by atoms with van der Waals surface area (Å²) in [6, 6.07) is 12.7. The Balaban J connectivity index is 2.23. The van der Waals surface area contributed by atoms with E-state index in [4.69, 9.17) is 28.9 Å². The van der Waals surface area contributed by atoms with Gasteiger partial charge >= 0.3 is 0 Å². The van der Waals surface area contributed by atoms with Crippen molar-refractivity contribution in [3.8, 4) is 11.1 Å². The lowest BCUT2D eigenvalue weighted by atomic mass is 10.0. The molecule has 4 aromatic rings. The largest absolute Gasteiger partial charge is 0.394 e. The summed E-state index contributed by atoms with van der Waals surface area (Å²) in [5.41, 5.74) is 9.39. The minimum Gasteiger partial charge on any atom is -0.394 e. The zero-order valence-electron chi connectivity index (χ0n) is 11.8. The van der Waals surface area contributed by atoms with Gasteiger partial charge in [-0.05, 0) is 24.3 Å². The predicted molar refractivity (Wildman–Crippen MR) is 96.3 cm³/mol. The Hall–Kier alpha value is -2.43. The molecular weight excluding hydrogens is 333 g/mol. The van der Waals surface area contributed by atoms with E-state index >= 15 is 0 Å². The Bertz CT molecular complexity index is 1130. The van der Waals surface area contributed by atoms with Crippen LogP contribution in [-0.4, -0.2) is 9.97 Å². The molecule has 0 amide bonds. The Morgan fingerprint density at radius 3 is 2.52 bits per heavy atom. The van der Waals surface area contributed by atoms with Gasteiger partial charge in [-0.3, -0.25) is 4.79 Å². The van der Waals surface area contributed by atoms with Crippen LogP contribution in [0.1, 0.15) is 0 Å². The van der Waals surface area contributed by atoms with Crippen LogP contribution >= 0.6 is 23.2 Å². The molecule has 0 saturated carbocycles. The lowest BCUT2D eigenvalue weighted by Gasteiger charge is -2.08. The molecule has 0 aliphatic rings. The topological polar surface area (TPSA) is 74.7 Å². The summed E-state index contributed by atoms with van der Waals surface area (Å²) in [5, 5.41) is 1.95. The molecule has 2 heterocycles. The standard InChI is InChI=1S/C17H11Cl2N3O/c18-8-5-6-12-10(7-8)15-16(21-12)13(14(20)17(23)22-15)9-3-1-2-4-11(9)19/h1-7,21H,20H2,(H,22,23). The second kappa shape index (κ2) is 5.05. The first-order chi connectivity index (χ1) is 11.1. The molecule has 4 nitrogen and oxygen atoms in total. The van der Waals surface area contributed by atoms with Gasteiger partial charge in [-0.1, -0.05) is 41.4 Å². The molecule has 0 atom stereocenters. The van der Waals surface area contributed by atoms with Crippen LogP contribution in [0.25, 0.3) is 33.1 Å². The van der Waals surface area contributed by atoms with Crippen molar-refractivity contribution in [2.45, 2.75) is 0 Å². The van der Waals surface area contributed by atoms with E-state index in [1.807, 2.05) is 24.3 Å². The summed E-state index contributed by atoms with van der Waals surface area (Å²) >= 11 is 12.4. The fraction of sp³-hybridized carbons (Fsp3) is 0. The quantitative estimate of drug-likeness (QED) is 0.473. The maximum absolute atomic E-state index is 12.3. The Morgan fingerprint density at radius 2 is 1.74 bits per heavy atom. The fourth-order valence-electron chi connectivity index (χ4n) is 2.85. The van der Waals surface area contributed by atoms with Crippen molar-refractivity contribution < 1.29 is 0 Å². The first-order valence-corrected chi connectivity index (χ1v) is 7.69. The molecule has 2 aromatic heterocycles. The molecule has 0 saturated heterocycles. The van der Waals surface area contributed by atoms with Gasteiger partial charge in [-0.2, -0.15) is 0 Å². The number of rotatable bonds is 1. The van der Waals surface area contributed by atoms with Crippen molar-refractivity contribution >= 4 is 50.8 Å². The van der Waals surface area contributed by atoms with E-state index < -0.39 is 0 Å². The average molecular weight is 344 g/mol. The van der Waals surface area contributed by atoms with Crippen LogP contribution in [0, 0.1) is 0 Å². The van der Waals surface area contributed by atoms with Crippen LogP contribution in [0.15, 0.2) is 47.3 Å². The van der Waals surface area contributed by atoms with Crippen LogP contribution in [-0.2, 0) is 0 Å². The zero-order chi connectivity index (χ0) is 16.1. The van der Waals surface area contributed by atoms with Crippen LogP contribution in [0.2, 0.25) is 10.0 Å².